The van der Waals surface area contributed by atoms with E-state index in [4.69, 9.17) is 0 Å². The van der Waals surface area contributed by atoms with Gasteiger partial charge in [-0.3, -0.25) is 25.1 Å². The van der Waals surface area contributed by atoms with Crippen LogP contribution in [0.4, 0.5) is 22.0 Å². The molecule has 0 aliphatic carbocycles. The van der Waals surface area contributed by atoms with Crippen LogP contribution in [-0.4, -0.2) is 25.7 Å². The molecule has 3 rings (SSSR count). The highest BCUT2D eigenvalue weighted by Gasteiger charge is 2.09. The summed E-state index contributed by atoms with van der Waals surface area (Å²) in [5.74, 6) is 0.391. The molecule has 0 aliphatic rings. The SMILES string of the molecule is O=C(Nc1cccc([N+](=O)[O-])c1)Nc1ccn(CCc2ccncc2)n1. The summed E-state index contributed by atoms with van der Waals surface area (Å²) >= 11 is 0. The van der Waals surface area contributed by atoms with Crippen molar-refractivity contribution in [2.24, 2.45) is 0 Å². The summed E-state index contributed by atoms with van der Waals surface area (Å²) in [6.45, 7) is 0.665. The highest BCUT2D eigenvalue weighted by atomic mass is 16.6. The molecule has 0 fully saturated rings. The zero-order valence-electron chi connectivity index (χ0n) is 13.7. The Morgan fingerprint density at radius 3 is 2.73 bits per heavy atom. The van der Waals surface area contributed by atoms with Crippen molar-refractivity contribution >= 4 is 23.2 Å². The monoisotopic (exact) mass is 352 g/mol. The number of nitrogens with zero attached hydrogens (tertiary/aromatic N) is 4. The second-order valence-corrected chi connectivity index (χ2v) is 5.46. The van der Waals surface area contributed by atoms with Gasteiger partial charge < -0.3 is 5.32 Å². The first-order valence-electron chi connectivity index (χ1n) is 7.85. The Bertz CT molecular complexity index is 910. The fourth-order valence-corrected chi connectivity index (χ4v) is 2.32. The van der Waals surface area contributed by atoms with Gasteiger partial charge in [-0.2, -0.15) is 5.10 Å². The second-order valence-electron chi connectivity index (χ2n) is 5.46. The summed E-state index contributed by atoms with van der Waals surface area (Å²) in [5.41, 5.74) is 1.38. The molecule has 9 heteroatoms. The molecule has 1 aromatic carbocycles. The van der Waals surface area contributed by atoms with Crippen molar-refractivity contribution in [2.75, 3.05) is 10.6 Å². The average Bonchev–Trinajstić information content (AvgIpc) is 3.08. The van der Waals surface area contributed by atoms with Crippen molar-refractivity contribution < 1.29 is 9.72 Å². The molecule has 0 bridgehead atoms. The van der Waals surface area contributed by atoms with Crippen LogP contribution in [0.25, 0.3) is 0 Å². The van der Waals surface area contributed by atoms with Gasteiger partial charge in [0.2, 0.25) is 0 Å². The standard InChI is InChI=1S/C17H16N6O3/c24-17(19-14-2-1-3-15(12-14)23(25)26)20-16-7-11-22(21-16)10-6-13-4-8-18-9-5-13/h1-5,7-9,11-12H,6,10H2,(H2,19,20,21,24). The third-order valence-corrected chi connectivity index (χ3v) is 3.58. The Labute approximate surface area is 148 Å². The summed E-state index contributed by atoms with van der Waals surface area (Å²) in [6.07, 6.45) is 6.04. The number of carbonyl (C=O) groups excluding carboxylic acids is 1. The molecule has 3 aromatic rings. The molecule has 0 spiro atoms. The lowest BCUT2D eigenvalue weighted by atomic mass is 10.2. The number of nitro benzene ring substituents is 1. The van der Waals surface area contributed by atoms with Crippen molar-refractivity contribution in [1.82, 2.24) is 14.8 Å². The van der Waals surface area contributed by atoms with Crippen LogP contribution in [0.15, 0.2) is 61.1 Å². The van der Waals surface area contributed by atoms with Crippen molar-refractivity contribution in [3.05, 3.63) is 76.7 Å². The van der Waals surface area contributed by atoms with Crippen molar-refractivity contribution in [1.29, 1.82) is 0 Å². The molecule has 26 heavy (non-hydrogen) atoms. The Morgan fingerprint density at radius 1 is 1.15 bits per heavy atom. The first-order chi connectivity index (χ1) is 12.6. The van der Waals surface area contributed by atoms with E-state index in [1.54, 1.807) is 35.4 Å². The van der Waals surface area contributed by atoms with E-state index in [9.17, 15) is 14.9 Å². The van der Waals surface area contributed by atoms with E-state index in [-0.39, 0.29) is 5.69 Å². The zero-order chi connectivity index (χ0) is 18.4. The van der Waals surface area contributed by atoms with E-state index < -0.39 is 11.0 Å². The number of aromatic nitrogens is 3. The van der Waals surface area contributed by atoms with Gasteiger partial charge >= 0.3 is 6.03 Å². The number of anilines is 2. The van der Waals surface area contributed by atoms with Gasteiger partial charge in [-0.15, -0.1) is 0 Å². The van der Waals surface area contributed by atoms with Crippen LogP contribution < -0.4 is 10.6 Å². The van der Waals surface area contributed by atoms with Gasteiger partial charge in [-0.25, -0.2) is 4.79 Å². The molecule has 132 valence electrons. The molecular formula is C17H16N6O3. The van der Waals surface area contributed by atoms with Crippen LogP contribution in [0.1, 0.15) is 5.56 Å². The number of hydrogen-bond donors (Lipinski definition) is 2. The van der Waals surface area contributed by atoms with E-state index in [1.807, 2.05) is 12.1 Å². The van der Waals surface area contributed by atoms with E-state index in [0.29, 0.717) is 18.1 Å². The van der Waals surface area contributed by atoms with Crippen molar-refractivity contribution in [2.45, 2.75) is 13.0 Å². The summed E-state index contributed by atoms with van der Waals surface area (Å²) in [4.78, 5) is 26.2. The quantitative estimate of drug-likeness (QED) is 0.522. The summed E-state index contributed by atoms with van der Waals surface area (Å²) in [6, 6.07) is 10.7. The summed E-state index contributed by atoms with van der Waals surface area (Å²) in [5, 5.41) is 20.2. The normalized spacial score (nSPS) is 10.3. The predicted molar refractivity (Wildman–Crippen MR) is 95.9 cm³/mol. The van der Waals surface area contributed by atoms with Gasteiger partial charge in [0.15, 0.2) is 5.82 Å². The third-order valence-electron chi connectivity index (χ3n) is 3.58. The first kappa shape index (κ1) is 17.1. The topological polar surface area (TPSA) is 115 Å². The lowest BCUT2D eigenvalue weighted by Gasteiger charge is -2.05. The van der Waals surface area contributed by atoms with Crippen LogP contribution in [0.3, 0.4) is 0 Å². The number of pyridine rings is 1. The first-order valence-corrected chi connectivity index (χ1v) is 7.85. The number of urea groups is 1. The number of nitrogens with one attached hydrogen (secondary N) is 2. The minimum absolute atomic E-state index is 0.0943. The number of hydrogen-bond acceptors (Lipinski definition) is 5. The molecule has 2 aromatic heterocycles. The van der Waals surface area contributed by atoms with E-state index in [0.717, 1.165) is 12.0 Å². The Hall–Kier alpha value is -3.75. The molecule has 0 saturated heterocycles. The van der Waals surface area contributed by atoms with Crippen LogP contribution >= 0.6 is 0 Å². The Balaban J connectivity index is 1.54. The van der Waals surface area contributed by atoms with Crippen LogP contribution in [0.2, 0.25) is 0 Å². The van der Waals surface area contributed by atoms with Crippen LogP contribution in [0, 0.1) is 10.1 Å². The molecule has 0 radical (unpaired) electrons. The summed E-state index contributed by atoms with van der Waals surface area (Å²) < 4.78 is 1.73. The fourth-order valence-electron chi connectivity index (χ4n) is 2.32. The number of rotatable bonds is 6. The number of carbonyl (C=O) groups is 1. The number of aryl methyl sites for hydroxylation is 2. The number of amides is 2. The number of nitro groups is 1. The summed E-state index contributed by atoms with van der Waals surface area (Å²) in [7, 11) is 0. The lowest BCUT2D eigenvalue weighted by Crippen LogP contribution is -2.20. The van der Waals surface area contributed by atoms with Gasteiger partial charge in [0.25, 0.3) is 5.69 Å². The van der Waals surface area contributed by atoms with Gasteiger partial charge in [-0.1, -0.05) is 6.07 Å². The minimum atomic E-state index is -0.523. The van der Waals surface area contributed by atoms with E-state index in [1.165, 1.54) is 18.2 Å². The van der Waals surface area contributed by atoms with Gasteiger partial charge in [0.1, 0.15) is 0 Å². The predicted octanol–water partition coefficient (Wildman–Crippen LogP) is 3.07. The number of non-ortho nitro benzene ring substituents is 1. The van der Waals surface area contributed by atoms with Crippen molar-refractivity contribution in [3.63, 3.8) is 0 Å². The lowest BCUT2D eigenvalue weighted by molar-refractivity contribution is -0.384. The molecule has 0 unspecified atom stereocenters. The maximum absolute atomic E-state index is 12.0. The Morgan fingerprint density at radius 2 is 1.96 bits per heavy atom. The van der Waals surface area contributed by atoms with E-state index in [2.05, 4.69) is 20.7 Å². The molecule has 2 amide bonds. The molecule has 0 atom stereocenters. The molecular weight excluding hydrogens is 336 g/mol. The van der Waals surface area contributed by atoms with Gasteiger partial charge in [-0.05, 0) is 30.2 Å². The van der Waals surface area contributed by atoms with Crippen molar-refractivity contribution in [3.8, 4) is 0 Å². The highest BCUT2D eigenvalue weighted by molar-refractivity contribution is 5.99. The maximum atomic E-state index is 12.0. The molecule has 2 N–H and O–H groups in total. The molecule has 0 saturated carbocycles. The minimum Gasteiger partial charge on any atom is -0.307 e. The third kappa shape index (κ3) is 4.63. The van der Waals surface area contributed by atoms with Gasteiger partial charge in [0, 0.05) is 49.0 Å². The Kier molecular flexibility index (Phi) is 5.18. The highest BCUT2D eigenvalue weighted by Crippen LogP contribution is 2.17. The zero-order valence-corrected chi connectivity index (χ0v) is 13.7. The smallest absolute Gasteiger partial charge is 0.307 e. The largest absolute Gasteiger partial charge is 0.324 e. The number of benzene rings is 1. The molecule has 9 nitrogen and oxygen atoms in total. The van der Waals surface area contributed by atoms with Crippen LogP contribution in [-0.2, 0) is 13.0 Å². The maximum Gasteiger partial charge on any atom is 0.324 e. The average molecular weight is 352 g/mol. The molecule has 2 heterocycles. The van der Waals surface area contributed by atoms with Gasteiger partial charge in [0.05, 0.1) is 4.92 Å². The van der Waals surface area contributed by atoms with Crippen LogP contribution in [0.5, 0.6) is 0 Å². The van der Waals surface area contributed by atoms with E-state index >= 15 is 0 Å². The second kappa shape index (κ2) is 7.88. The fraction of sp³-hybridized carbons (Fsp3) is 0.118. The molecule has 0 aliphatic heterocycles.